The molecule has 1 saturated heterocycles. The minimum atomic E-state index is -0.999. The van der Waals surface area contributed by atoms with Gasteiger partial charge in [-0.25, -0.2) is 0 Å². The van der Waals surface area contributed by atoms with Crippen molar-refractivity contribution in [3.63, 3.8) is 0 Å². The average Bonchev–Trinajstić information content (AvgIpc) is 3.41. The summed E-state index contributed by atoms with van der Waals surface area (Å²) in [6.07, 6.45) is 11.0. The van der Waals surface area contributed by atoms with Gasteiger partial charge in [-0.15, -0.1) is 0 Å². The predicted molar refractivity (Wildman–Crippen MR) is 176 cm³/mol. The van der Waals surface area contributed by atoms with Crippen LogP contribution < -0.4 is 5.32 Å². The number of amides is 1. The number of rotatable bonds is 8. The summed E-state index contributed by atoms with van der Waals surface area (Å²) < 4.78 is 12.6. The number of hydrogen-bond donors (Lipinski definition) is 1. The van der Waals surface area contributed by atoms with Crippen LogP contribution in [-0.4, -0.2) is 48.2 Å². The summed E-state index contributed by atoms with van der Waals surface area (Å²) in [6, 6.07) is 0. The molecule has 10 nitrogen and oxygen atoms in total. The SMILES string of the molecule is CCNC(=O)CCC(C)C1CC[C@H]2[C@@H]3[C@H](OC(C)=O)C[C@@H]4CC5(CC[C@]4(C)[C@H]3C[C@H](OC(C)=O)[C@]12C)OOC1(CCC(CC)CC1)OO5. The highest BCUT2D eigenvalue weighted by Gasteiger charge is 2.69. The number of nitrogens with one attached hydrogen (secondary N) is 1. The van der Waals surface area contributed by atoms with Crippen LogP contribution in [0.2, 0.25) is 0 Å². The van der Waals surface area contributed by atoms with E-state index in [0.29, 0.717) is 37.6 Å². The maximum Gasteiger partial charge on any atom is 0.302 e. The molecule has 0 aromatic carbocycles. The van der Waals surface area contributed by atoms with Gasteiger partial charge in [0.05, 0.1) is 0 Å². The first kappa shape index (κ1) is 36.1. The molecule has 0 aromatic rings. The molecule has 1 amide bonds. The van der Waals surface area contributed by atoms with Gasteiger partial charge in [-0.1, -0.05) is 34.1 Å². The van der Waals surface area contributed by atoms with E-state index >= 15 is 0 Å². The fraction of sp³-hybridized carbons (Fsp3) is 0.921. The molecule has 272 valence electrons. The standard InChI is InChI=1S/C38H61NO9/c1-8-26-14-16-37(17-15-26)45-47-38(48-46-37)19-18-35(6)27(22-38)20-31(43-24(4)40)34-29-12-11-28(23(3)10-13-33(42)39-9-2)36(29,7)32(21-30(34)35)44-25(5)41/h23,26-32,34H,8-22H2,1-7H3,(H,39,42)/t23?,26?,27-,28?,29+,30+,31-,32+,34+,35+,36-,37?,38?/m1/s1. The van der Waals surface area contributed by atoms with Crippen LogP contribution in [0.25, 0.3) is 0 Å². The van der Waals surface area contributed by atoms with Crippen molar-refractivity contribution in [3.05, 3.63) is 0 Å². The minimum Gasteiger partial charge on any atom is -0.462 e. The summed E-state index contributed by atoms with van der Waals surface area (Å²) in [6.45, 7) is 14.8. The van der Waals surface area contributed by atoms with Gasteiger partial charge in [0.1, 0.15) is 12.2 Å². The van der Waals surface area contributed by atoms with Crippen molar-refractivity contribution in [3.8, 4) is 0 Å². The van der Waals surface area contributed by atoms with Gasteiger partial charge >= 0.3 is 11.9 Å². The fourth-order valence-electron chi connectivity index (χ4n) is 11.8. The summed E-state index contributed by atoms with van der Waals surface area (Å²) in [5, 5.41) is 2.93. The van der Waals surface area contributed by atoms with Crippen LogP contribution in [0.5, 0.6) is 0 Å². The summed E-state index contributed by atoms with van der Waals surface area (Å²) in [5.74, 6) is -0.318. The first-order chi connectivity index (χ1) is 22.8. The molecule has 6 rings (SSSR count). The van der Waals surface area contributed by atoms with E-state index < -0.39 is 11.6 Å². The van der Waals surface area contributed by atoms with E-state index in [4.69, 9.17) is 29.0 Å². The van der Waals surface area contributed by atoms with Crippen LogP contribution >= 0.6 is 0 Å². The second-order valence-corrected chi connectivity index (χ2v) is 16.9. The molecule has 1 heterocycles. The Hall–Kier alpha value is -1.75. The van der Waals surface area contributed by atoms with E-state index in [2.05, 4.69) is 33.0 Å². The zero-order valence-corrected chi connectivity index (χ0v) is 30.5. The zero-order valence-electron chi connectivity index (χ0n) is 30.5. The third-order valence-electron chi connectivity index (χ3n) is 14.5. The Morgan fingerprint density at radius 1 is 0.833 bits per heavy atom. The molecule has 0 radical (unpaired) electrons. The van der Waals surface area contributed by atoms with Crippen LogP contribution in [0.4, 0.5) is 0 Å². The summed E-state index contributed by atoms with van der Waals surface area (Å²) in [5.41, 5.74) is -0.386. The molecule has 2 spiro atoms. The molecule has 0 aromatic heterocycles. The van der Waals surface area contributed by atoms with E-state index in [1.54, 1.807) is 0 Å². The lowest BCUT2D eigenvalue weighted by Gasteiger charge is -2.65. The van der Waals surface area contributed by atoms with Crippen molar-refractivity contribution in [1.82, 2.24) is 5.32 Å². The van der Waals surface area contributed by atoms with Gasteiger partial charge in [-0.05, 0) is 99.2 Å². The highest BCUT2D eigenvalue weighted by atomic mass is 17.4. The van der Waals surface area contributed by atoms with Crippen molar-refractivity contribution >= 4 is 17.8 Å². The first-order valence-electron chi connectivity index (χ1n) is 19.1. The van der Waals surface area contributed by atoms with Crippen molar-refractivity contribution < 1.29 is 43.4 Å². The Morgan fingerprint density at radius 2 is 1.50 bits per heavy atom. The maximum absolute atomic E-state index is 12.7. The average molecular weight is 676 g/mol. The largest absolute Gasteiger partial charge is 0.462 e. The van der Waals surface area contributed by atoms with E-state index in [1.165, 1.54) is 13.8 Å². The molecule has 6 aliphatic rings. The zero-order chi connectivity index (χ0) is 34.5. The third-order valence-corrected chi connectivity index (χ3v) is 14.5. The van der Waals surface area contributed by atoms with Gasteiger partial charge in [0.15, 0.2) is 0 Å². The van der Waals surface area contributed by atoms with Gasteiger partial charge < -0.3 is 14.8 Å². The van der Waals surface area contributed by atoms with Crippen molar-refractivity contribution in [1.29, 1.82) is 0 Å². The Labute approximate surface area is 287 Å². The molecule has 10 atom stereocenters. The van der Waals surface area contributed by atoms with Crippen LogP contribution in [0, 0.1) is 52.3 Å². The highest BCUT2D eigenvalue weighted by molar-refractivity contribution is 5.75. The van der Waals surface area contributed by atoms with Crippen molar-refractivity contribution in [2.45, 2.75) is 162 Å². The molecule has 6 fully saturated rings. The second-order valence-electron chi connectivity index (χ2n) is 16.9. The normalized spacial score (nSPS) is 45.8. The quantitative estimate of drug-likeness (QED) is 0.211. The van der Waals surface area contributed by atoms with E-state index in [-0.39, 0.29) is 70.5 Å². The smallest absolute Gasteiger partial charge is 0.302 e. The predicted octanol–water partition coefficient (Wildman–Crippen LogP) is 7.18. The van der Waals surface area contributed by atoms with Crippen LogP contribution in [0.15, 0.2) is 0 Å². The molecule has 0 bridgehead atoms. The van der Waals surface area contributed by atoms with Gasteiger partial charge in [0.2, 0.25) is 17.5 Å². The van der Waals surface area contributed by atoms with Crippen LogP contribution in [-0.2, 0) is 43.4 Å². The summed E-state index contributed by atoms with van der Waals surface area (Å²) in [7, 11) is 0. The van der Waals surface area contributed by atoms with Crippen molar-refractivity contribution in [2.75, 3.05) is 6.54 Å². The molecule has 5 saturated carbocycles. The molecular formula is C38H61NO9. The summed E-state index contributed by atoms with van der Waals surface area (Å²) in [4.78, 5) is 62.4. The lowest BCUT2D eigenvalue weighted by Crippen LogP contribution is -2.65. The molecule has 1 aliphatic heterocycles. The maximum atomic E-state index is 12.7. The van der Waals surface area contributed by atoms with Crippen molar-refractivity contribution in [2.24, 2.45) is 52.3 Å². The number of carbonyl (C=O) groups excluding carboxylic acids is 3. The molecule has 1 N–H and O–H groups in total. The minimum absolute atomic E-state index is 0.0845. The lowest BCUT2D eigenvalue weighted by molar-refractivity contribution is -0.665. The topological polar surface area (TPSA) is 119 Å². The van der Waals surface area contributed by atoms with Crippen LogP contribution in [0.1, 0.15) is 138 Å². The second kappa shape index (κ2) is 13.8. The summed E-state index contributed by atoms with van der Waals surface area (Å²) >= 11 is 0. The van der Waals surface area contributed by atoms with E-state index in [0.717, 1.165) is 70.6 Å². The van der Waals surface area contributed by atoms with Crippen LogP contribution in [0.3, 0.4) is 0 Å². The van der Waals surface area contributed by atoms with Gasteiger partial charge in [-0.2, -0.15) is 19.6 Å². The number of esters is 2. The Kier molecular flexibility index (Phi) is 10.3. The highest BCUT2D eigenvalue weighted by Crippen LogP contribution is 2.70. The van der Waals surface area contributed by atoms with Gasteiger partial charge in [0, 0.05) is 63.8 Å². The molecule has 2 unspecified atom stereocenters. The number of carbonyl (C=O) groups is 3. The Morgan fingerprint density at radius 3 is 2.12 bits per heavy atom. The Balaban J connectivity index is 1.24. The number of hydrogen-bond acceptors (Lipinski definition) is 9. The van der Waals surface area contributed by atoms with E-state index in [1.807, 2.05) is 6.92 Å². The molecule has 48 heavy (non-hydrogen) atoms. The fourth-order valence-corrected chi connectivity index (χ4v) is 11.8. The van der Waals surface area contributed by atoms with Gasteiger partial charge in [-0.3, -0.25) is 14.4 Å². The van der Waals surface area contributed by atoms with Gasteiger partial charge in [0.25, 0.3) is 0 Å². The molecule has 10 heteroatoms. The number of ether oxygens (including phenoxy) is 2. The third kappa shape index (κ3) is 6.45. The number of fused-ring (bicyclic) bond motifs is 5. The van der Waals surface area contributed by atoms with E-state index in [9.17, 15) is 14.4 Å². The Bertz CT molecular complexity index is 1190. The lowest BCUT2D eigenvalue weighted by atomic mass is 9.42. The molecule has 5 aliphatic carbocycles. The monoisotopic (exact) mass is 675 g/mol. The molecular weight excluding hydrogens is 614 g/mol. The first-order valence-corrected chi connectivity index (χ1v) is 19.1.